The summed E-state index contributed by atoms with van der Waals surface area (Å²) in [5.41, 5.74) is 1.11. The molecule has 1 N–H and O–H groups in total. The van der Waals surface area contributed by atoms with Gasteiger partial charge < -0.3 is 5.32 Å². The highest BCUT2D eigenvalue weighted by Gasteiger charge is 2.09. The van der Waals surface area contributed by atoms with Gasteiger partial charge in [-0.3, -0.25) is 0 Å². The van der Waals surface area contributed by atoms with Gasteiger partial charge in [-0.1, -0.05) is 42.3 Å². The predicted molar refractivity (Wildman–Crippen MR) is 63.3 cm³/mol. The molecule has 0 aliphatic rings. The number of benzene rings is 1. The highest BCUT2D eigenvalue weighted by atomic mass is 35.5. The topological polar surface area (TPSA) is 12.0 Å². The Balaban J connectivity index is 2.80. The molecule has 1 aromatic rings. The molecule has 3 heteroatoms. The maximum absolute atomic E-state index is 6.09. The molecule has 0 heterocycles. The molecule has 0 amide bonds. The van der Waals surface area contributed by atoms with Gasteiger partial charge in [-0.05, 0) is 31.5 Å². The molecule has 78 valence electrons. The molecule has 0 saturated heterocycles. The van der Waals surface area contributed by atoms with Gasteiger partial charge in [0, 0.05) is 6.04 Å². The number of likely N-dealkylation sites (N-methyl/N-ethyl adjacent to an activating group) is 1. The maximum atomic E-state index is 6.09. The van der Waals surface area contributed by atoms with Crippen molar-refractivity contribution in [3.8, 4) is 0 Å². The first-order valence-corrected chi connectivity index (χ1v) is 5.54. The summed E-state index contributed by atoms with van der Waals surface area (Å²) in [6, 6.07) is 6.24. The van der Waals surface area contributed by atoms with Crippen molar-refractivity contribution in [3.05, 3.63) is 33.8 Å². The summed E-state index contributed by atoms with van der Waals surface area (Å²) < 4.78 is 0. The van der Waals surface area contributed by atoms with Crippen LogP contribution in [0.15, 0.2) is 18.2 Å². The average molecular weight is 232 g/mol. The zero-order valence-corrected chi connectivity index (χ0v) is 9.99. The molecule has 0 aromatic heterocycles. The van der Waals surface area contributed by atoms with E-state index in [0.29, 0.717) is 16.1 Å². The summed E-state index contributed by atoms with van der Waals surface area (Å²) in [5, 5.41) is 4.56. The molecule has 1 rings (SSSR count). The van der Waals surface area contributed by atoms with Crippen LogP contribution in [0.3, 0.4) is 0 Å². The highest BCUT2D eigenvalue weighted by molar-refractivity contribution is 6.42. The molecule has 0 bridgehead atoms. The lowest BCUT2D eigenvalue weighted by molar-refractivity contribution is 0.543. The molecule has 0 radical (unpaired) electrons. The predicted octanol–water partition coefficient (Wildman–Crippen LogP) is 3.53. The van der Waals surface area contributed by atoms with Crippen molar-refractivity contribution in [2.75, 3.05) is 7.05 Å². The van der Waals surface area contributed by atoms with E-state index in [1.807, 2.05) is 25.2 Å². The number of rotatable bonds is 4. The number of nitrogens with one attached hydrogen (secondary N) is 1. The van der Waals surface area contributed by atoms with Gasteiger partial charge in [0.25, 0.3) is 0 Å². The second-order valence-corrected chi connectivity index (χ2v) is 4.10. The van der Waals surface area contributed by atoms with E-state index in [4.69, 9.17) is 23.2 Å². The van der Waals surface area contributed by atoms with Crippen LogP contribution in [0.25, 0.3) is 0 Å². The molecule has 0 fully saturated rings. The fourth-order valence-electron chi connectivity index (χ4n) is 1.42. The van der Waals surface area contributed by atoms with Crippen molar-refractivity contribution in [1.29, 1.82) is 0 Å². The molecule has 0 saturated carbocycles. The SMILES string of the molecule is CCC(Cc1cccc(Cl)c1Cl)NC. The van der Waals surface area contributed by atoms with E-state index in [0.717, 1.165) is 18.4 Å². The Morgan fingerprint density at radius 3 is 2.64 bits per heavy atom. The van der Waals surface area contributed by atoms with Crippen molar-refractivity contribution in [1.82, 2.24) is 5.32 Å². The lowest BCUT2D eigenvalue weighted by atomic mass is 10.0. The first-order chi connectivity index (χ1) is 6.69. The fraction of sp³-hybridized carbons (Fsp3) is 0.455. The van der Waals surface area contributed by atoms with Crippen molar-refractivity contribution in [2.24, 2.45) is 0 Å². The minimum Gasteiger partial charge on any atom is -0.317 e. The molecule has 1 nitrogen and oxygen atoms in total. The first kappa shape index (κ1) is 11.8. The van der Waals surface area contributed by atoms with Crippen molar-refractivity contribution in [3.63, 3.8) is 0 Å². The van der Waals surface area contributed by atoms with Crippen LogP contribution in [0.5, 0.6) is 0 Å². The number of hydrogen-bond acceptors (Lipinski definition) is 1. The van der Waals surface area contributed by atoms with Gasteiger partial charge in [-0.2, -0.15) is 0 Å². The van der Waals surface area contributed by atoms with E-state index in [2.05, 4.69) is 12.2 Å². The van der Waals surface area contributed by atoms with Crippen molar-refractivity contribution < 1.29 is 0 Å². The zero-order chi connectivity index (χ0) is 10.6. The Kier molecular flexibility index (Phi) is 4.73. The van der Waals surface area contributed by atoms with Crippen LogP contribution in [-0.2, 0) is 6.42 Å². The van der Waals surface area contributed by atoms with Crippen LogP contribution < -0.4 is 5.32 Å². The molecule has 0 aliphatic carbocycles. The summed E-state index contributed by atoms with van der Waals surface area (Å²) >= 11 is 12.0. The summed E-state index contributed by atoms with van der Waals surface area (Å²) in [4.78, 5) is 0. The summed E-state index contributed by atoms with van der Waals surface area (Å²) in [5.74, 6) is 0. The molecule has 1 unspecified atom stereocenters. The zero-order valence-electron chi connectivity index (χ0n) is 8.48. The lowest BCUT2D eigenvalue weighted by Gasteiger charge is -2.14. The van der Waals surface area contributed by atoms with Gasteiger partial charge >= 0.3 is 0 Å². The maximum Gasteiger partial charge on any atom is 0.0624 e. The highest BCUT2D eigenvalue weighted by Crippen LogP contribution is 2.26. The Labute approximate surface area is 95.4 Å². The Hall–Kier alpha value is -0.240. The first-order valence-electron chi connectivity index (χ1n) is 4.79. The van der Waals surface area contributed by atoms with Gasteiger partial charge in [0.1, 0.15) is 0 Å². The second-order valence-electron chi connectivity index (χ2n) is 3.31. The Morgan fingerprint density at radius 2 is 2.07 bits per heavy atom. The van der Waals surface area contributed by atoms with Gasteiger partial charge in [-0.25, -0.2) is 0 Å². The molecule has 0 aliphatic heterocycles. The van der Waals surface area contributed by atoms with Gasteiger partial charge in [0.05, 0.1) is 10.0 Å². The van der Waals surface area contributed by atoms with E-state index in [-0.39, 0.29) is 0 Å². The van der Waals surface area contributed by atoms with Gasteiger partial charge in [0.15, 0.2) is 0 Å². The molecular weight excluding hydrogens is 217 g/mol. The monoisotopic (exact) mass is 231 g/mol. The molecule has 1 atom stereocenters. The van der Waals surface area contributed by atoms with Gasteiger partial charge in [0.2, 0.25) is 0 Å². The quantitative estimate of drug-likeness (QED) is 0.837. The van der Waals surface area contributed by atoms with E-state index >= 15 is 0 Å². The van der Waals surface area contributed by atoms with Crippen molar-refractivity contribution in [2.45, 2.75) is 25.8 Å². The number of hydrogen-bond donors (Lipinski definition) is 1. The second kappa shape index (κ2) is 5.59. The normalized spacial score (nSPS) is 12.9. The minimum absolute atomic E-state index is 0.464. The largest absolute Gasteiger partial charge is 0.317 e. The third-order valence-corrected chi connectivity index (χ3v) is 3.26. The molecule has 1 aromatic carbocycles. The van der Waals surface area contributed by atoms with E-state index in [1.54, 1.807) is 0 Å². The summed E-state index contributed by atoms with van der Waals surface area (Å²) in [6.07, 6.45) is 2.01. The number of halogens is 2. The van der Waals surface area contributed by atoms with Crippen LogP contribution in [0, 0.1) is 0 Å². The van der Waals surface area contributed by atoms with Gasteiger partial charge in [-0.15, -0.1) is 0 Å². The van der Waals surface area contributed by atoms with Crippen LogP contribution >= 0.6 is 23.2 Å². The third-order valence-electron chi connectivity index (χ3n) is 2.40. The van der Waals surface area contributed by atoms with Crippen LogP contribution in [-0.4, -0.2) is 13.1 Å². The van der Waals surface area contributed by atoms with E-state index in [1.165, 1.54) is 0 Å². The fourth-order valence-corrected chi connectivity index (χ4v) is 1.82. The Bertz CT molecular complexity index is 295. The summed E-state index contributed by atoms with van der Waals surface area (Å²) in [6.45, 7) is 2.15. The van der Waals surface area contributed by atoms with E-state index in [9.17, 15) is 0 Å². The standard InChI is InChI=1S/C11H15Cl2N/c1-3-9(14-2)7-8-5-4-6-10(12)11(8)13/h4-6,9,14H,3,7H2,1-2H3. The van der Waals surface area contributed by atoms with E-state index < -0.39 is 0 Å². The smallest absolute Gasteiger partial charge is 0.0624 e. The average Bonchev–Trinajstić information content (AvgIpc) is 2.20. The molecular formula is C11H15Cl2N. The Morgan fingerprint density at radius 1 is 1.36 bits per heavy atom. The minimum atomic E-state index is 0.464. The van der Waals surface area contributed by atoms with Crippen LogP contribution in [0.4, 0.5) is 0 Å². The summed E-state index contributed by atoms with van der Waals surface area (Å²) in [7, 11) is 1.96. The van der Waals surface area contributed by atoms with Crippen LogP contribution in [0.2, 0.25) is 10.0 Å². The van der Waals surface area contributed by atoms with Crippen molar-refractivity contribution >= 4 is 23.2 Å². The lowest BCUT2D eigenvalue weighted by Crippen LogP contribution is -2.26. The third kappa shape index (κ3) is 2.88. The molecule has 14 heavy (non-hydrogen) atoms. The van der Waals surface area contributed by atoms with Crippen LogP contribution in [0.1, 0.15) is 18.9 Å². The molecule has 0 spiro atoms.